The van der Waals surface area contributed by atoms with Crippen LogP contribution in [0.3, 0.4) is 0 Å². The standard InChI is InChI=1S/C20H19ClF2O4S/c1-13(24)27-16-3-2-10-20(12-16,18-11-15(22)6-9-19(18)23)28(25,26)17-7-4-14(21)5-8-17/h4-9,11,16H,2-3,10,12H2,1H3/t16-,20-/m0/s1. The second-order valence-electron chi connectivity index (χ2n) is 6.90. The largest absolute Gasteiger partial charge is 0.462 e. The lowest BCUT2D eigenvalue weighted by Gasteiger charge is -2.40. The molecule has 0 unspecified atom stereocenters. The van der Waals surface area contributed by atoms with Gasteiger partial charge in [-0.25, -0.2) is 17.2 Å². The summed E-state index contributed by atoms with van der Waals surface area (Å²) in [5, 5.41) is 0.353. The number of esters is 1. The van der Waals surface area contributed by atoms with E-state index in [4.69, 9.17) is 16.3 Å². The van der Waals surface area contributed by atoms with Crippen molar-refractivity contribution in [3.63, 3.8) is 0 Å². The molecule has 0 aromatic heterocycles. The molecule has 0 radical (unpaired) electrons. The molecule has 1 aliphatic rings. The highest BCUT2D eigenvalue weighted by molar-refractivity contribution is 7.92. The van der Waals surface area contributed by atoms with Gasteiger partial charge in [-0.05, 0) is 61.7 Å². The Morgan fingerprint density at radius 2 is 1.86 bits per heavy atom. The number of hydrogen-bond donors (Lipinski definition) is 0. The number of hydrogen-bond acceptors (Lipinski definition) is 4. The van der Waals surface area contributed by atoms with Crippen molar-refractivity contribution < 1.29 is 26.7 Å². The van der Waals surface area contributed by atoms with Crippen molar-refractivity contribution in [3.8, 4) is 0 Å². The topological polar surface area (TPSA) is 60.4 Å². The minimum Gasteiger partial charge on any atom is -0.462 e. The highest BCUT2D eigenvalue weighted by Crippen LogP contribution is 2.48. The molecule has 1 saturated carbocycles. The summed E-state index contributed by atoms with van der Waals surface area (Å²) in [4.78, 5) is 11.4. The van der Waals surface area contributed by atoms with Crippen LogP contribution in [0.4, 0.5) is 8.78 Å². The van der Waals surface area contributed by atoms with E-state index in [1.54, 1.807) is 0 Å². The summed E-state index contributed by atoms with van der Waals surface area (Å²) in [6.45, 7) is 1.23. The van der Waals surface area contributed by atoms with Crippen LogP contribution in [0.15, 0.2) is 47.4 Å². The minimum absolute atomic E-state index is 0.0518. The lowest BCUT2D eigenvalue weighted by molar-refractivity contribution is -0.148. The maximum absolute atomic E-state index is 14.7. The predicted octanol–water partition coefficient (Wildman–Crippen LogP) is 4.79. The van der Waals surface area contributed by atoms with E-state index in [-0.39, 0.29) is 23.3 Å². The van der Waals surface area contributed by atoms with E-state index < -0.39 is 38.3 Å². The second kappa shape index (κ2) is 7.79. The first kappa shape index (κ1) is 20.7. The summed E-state index contributed by atoms with van der Waals surface area (Å²) >= 11 is 5.86. The fourth-order valence-electron chi connectivity index (χ4n) is 3.84. The molecular formula is C20H19ClF2O4S. The van der Waals surface area contributed by atoms with Gasteiger partial charge >= 0.3 is 5.97 Å². The van der Waals surface area contributed by atoms with Crippen LogP contribution in [-0.4, -0.2) is 20.5 Å². The Morgan fingerprint density at radius 1 is 1.18 bits per heavy atom. The highest BCUT2D eigenvalue weighted by atomic mass is 35.5. The van der Waals surface area contributed by atoms with Gasteiger partial charge in [-0.3, -0.25) is 4.79 Å². The number of halogens is 3. The number of ether oxygens (including phenoxy) is 1. The normalized spacial score (nSPS) is 22.6. The first-order valence-corrected chi connectivity index (χ1v) is 10.6. The van der Waals surface area contributed by atoms with Gasteiger partial charge in [0, 0.05) is 23.9 Å². The van der Waals surface area contributed by atoms with Crippen LogP contribution >= 0.6 is 11.6 Å². The van der Waals surface area contributed by atoms with Gasteiger partial charge in [0.05, 0.1) is 4.90 Å². The third-order valence-corrected chi connectivity index (χ3v) is 7.82. The number of sulfone groups is 1. The predicted molar refractivity (Wildman–Crippen MR) is 101 cm³/mol. The van der Waals surface area contributed by atoms with Gasteiger partial charge < -0.3 is 4.74 Å². The summed E-state index contributed by atoms with van der Waals surface area (Å²) in [7, 11) is -4.16. The fourth-order valence-corrected chi connectivity index (χ4v) is 6.18. The van der Waals surface area contributed by atoms with E-state index >= 15 is 0 Å². The van der Waals surface area contributed by atoms with Gasteiger partial charge in [0.1, 0.15) is 22.5 Å². The molecule has 8 heteroatoms. The fraction of sp³-hybridized carbons (Fsp3) is 0.350. The van der Waals surface area contributed by atoms with Gasteiger partial charge in [0.15, 0.2) is 9.84 Å². The molecule has 1 fully saturated rings. The van der Waals surface area contributed by atoms with Crippen LogP contribution in [0.1, 0.15) is 38.2 Å². The van der Waals surface area contributed by atoms with Gasteiger partial charge in [-0.2, -0.15) is 0 Å². The molecule has 28 heavy (non-hydrogen) atoms. The van der Waals surface area contributed by atoms with Crippen molar-refractivity contribution >= 4 is 27.4 Å². The quantitative estimate of drug-likeness (QED) is 0.657. The van der Waals surface area contributed by atoms with Crippen molar-refractivity contribution in [1.29, 1.82) is 0 Å². The molecule has 0 aliphatic heterocycles. The zero-order valence-electron chi connectivity index (χ0n) is 15.1. The maximum atomic E-state index is 14.7. The number of carbonyl (C=O) groups excluding carboxylic acids is 1. The Bertz CT molecular complexity index is 992. The van der Waals surface area contributed by atoms with E-state index in [1.807, 2.05) is 0 Å². The smallest absolute Gasteiger partial charge is 0.302 e. The average Bonchev–Trinajstić information content (AvgIpc) is 2.63. The van der Waals surface area contributed by atoms with Gasteiger partial charge in [0.25, 0.3) is 0 Å². The molecule has 150 valence electrons. The monoisotopic (exact) mass is 428 g/mol. The Kier molecular flexibility index (Phi) is 5.77. The Labute approximate surface area is 167 Å². The average molecular weight is 429 g/mol. The van der Waals surface area contributed by atoms with Crippen molar-refractivity contribution in [2.24, 2.45) is 0 Å². The molecule has 0 spiro atoms. The molecule has 4 nitrogen and oxygen atoms in total. The molecule has 3 rings (SSSR count). The molecule has 1 aliphatic carbocycles. The highest BCUT2D eigenvalue weighted by Gasteiger charge is 2.51. The molecule has 2 aromatic rings. The molecule has 0 amide bonds. The van der Waals surface area contributed by atoms with Gasteiger partial charge in [-0.1, -0.05) is 11.6 Å². The van der Waals surface area contributed by atoms with E-state index in [2.05, 4.69) is 0 Å². The second-order valence-corrected chi connectivity index (χ2v) is 9.60. The Morgan fingerprint density at radius 3 is 2.50 bits per heavy atom. The summed E-state index contributed by atoms with van der Waals surface area (Å²) in [6.07, 6.45) is 0.0411. The number of carbonyl (C=O) groups is 1. The summed E-state index contributed by atoms with van der Waals surface area (Å²) < 4.78 is 59.5. The van der Waals surface area contributed by atoms with Crippen LogP contribution in [0.2, 0.25) is 5.02 Å². The Hall–Kier alpha value is -1.99. The van der Waals surface area contributed by atoms with Crippen LogP contribution in [0.5, 0.6) is 0 Å². The van der Waals surface area contributed by atoms with Crippen molar-refractivity contribution in [3.05, 3.63) is 64.7 Å². The molecule has 0 N–H and O–H groups in total. The lowest BCUT2D eigenvalue weighted by Crippen LogP contribution is -2.44. The molecule has 2 aromatic carbocycles. The van der Waals surface area contributed by atoms with Gasteiger partial charge in [-0.15, -0.1) is 0 Å². The van der Waals surface area contributed by atoms with Crippen LogP contribution in [-0.2, 0) is 24.1 Å². The maximum Gasteiger partial charge on any atom is 0.302 e. The first-order chi connectivity index (χ1) is 13.2. The minimum atomic E-state index is -4.16. The summed E-state index contributed by atoms with van der Waals surface area (Å²) in [5.74, 6) is -2.11. The third-order valence-electron chi connectivity index (χ3n) is 5.05. The molecule has 0 heterocycles. The van der Waals surface area contributed by atoms with Gasteiger partial charge in [0.2, 0.25) is 0 Å². The van der Waals surface area contributed by atoms with Crippen molar-refractivity contribution in [2.45, 2.75) is 48.4 Å². The van der Waals surface area contributed by atoms with Crippen LogP contribution in [0, 0.1) is 11.6 Å². The molecule has 0 saturated heterocycles. The molecule has 2 atom stereocenters. The number of benzene rings is 2. The third kappa shape index (κ3) is 3.78. The zero-order chi connectivity index (χ0) is 20.5. The van der Waals surface area contributed by atoms with E-state index in [0.29, 0.717) is 17.9 Å². The molecular weight excluding hydrogens is 410 g/mol. The van der Waals surface area contributed by atoms with E-state index in [1.165, 1.54) is 31.2 Å². The van der Waals surface area contributed by atoms with Crippen LogP contribution < -0.4 is 0 Å². The van der Waals surface area contributed by atoms with E-state index in [9.17, 15) is 22.0 Å². The summed E-state index contributed by atoms with van der Waals surface area (Å²) in [5.41, 5.74) is -0.251. The van der Waals surface area contributed by atoms with Crippen molar-refractivity contribution in [2.75, 3.05) is 0 Å². The zero-order valence-corrected chi connectivity index (χ0v) is 16.7. The Balaban J connectivity index is 2.21. The lowest BCUT2D eigenvalue weighted by atomic mass is 9.81. The summed E-state index contributed by atoms with van der Waals surface area (Å²) in [6, 6.07) is 8.30. The van der Waals surface area contributed by atoms with E-state index in [0.717, 1.165) is 18.2 Å². The van der Waals surface area contributed by atoms with Crippen molar-refractivity contribution in [1.82, 2.24) is 0 Å². The molecule has 0 bridgehead atoms. The SMILES string of the molecule is CC(=O)O[C@H]1CCC[C@](c2cc(F)ccc2F)(S(=O)(=O)c2ccc(Cl)cc2)C1. The first-order valence-electron chi connectivity index (χ1n) is 8.79. The number of rotatable bonds is 4. The van der Waals surface area contributed by atoms with Crippen LogP contribution in [0.25, 0.3) is 0 Å².